The van der Waals surface area contributed by atoms with Gasteiger partial charge in [0.05, 0.1) is 14.2 Å². The molecule has 1 rings (SSSR count). The van der Waals surface area contributed by atoms with E-state index in [1.165, 1.54) is 12.2 Å². The van der Waals surface area contributed by atoms with Crippen molar-refractivity contribution in [1.82, 2.24) is 5.06 Å². The Bertz CT molecular complexity index is 670. The maximum Gasteiger partial charge on any atom is 0.254 e. The third-order valence-electron chi connectivity index (χ3n) is 5.02. The lowest BCUT2D eigenvalue weighted by molar-refractivity contribution is -0.169. The van der Waals surface area contributed by atoms with Gasteiger partial charge in [0.15, 0.2) is 8.32 Å². The van der Waals surface area contributed by atoms with E-state index in [0.29, 0.717) is 5.75 Å². The Morgan fingerprint density at radius 3 is 1.88 bits per heavy atom. The van der Waals surface area contributed by atoms with E-state index in [-0.39, 0.29) is 5.04 Å². The van der Waals surface area contributed by atoms with Crippen LogP contribution in [-0.2, 0) is 9.26 Å². The van der Waals surface area contributed by atoms with E-state index in [1.807, 2.05) is 25.2 Å². The van der Waals surface area contributed by atoms with Crippen molar-refractivity contribution in [3.63, 3.8) is 0 Å². The molecule has 0 bridgehead atoms. The Morgan fingerprint density at radius 2 is 1.54 bits per heavy atom. The molecule has 0 amide bonds. The second kappa shape index (κ2) is 8.19. The lowest BCUT2D eigenvalue weighted by atomic mass is 9.90. The molecule has 1 aromatic carbocycles. The SMILES string of the molecule is COc1ccc(C(N(C)OC)C(C#N)(C#N)O[Si](C)(C)C(C)(C)C)cc1. The van der Waals surface area contributed by atoms with E-state index >= 15 is 0 Å². The van der Waals surface area contributed by atoms with Crippen molar-refractivity contribution in [3.05, 3.63) is 29.8 Å². The van der Waals surface area contributed by atoms with Gasteiger partial charge >= 0.3 is 0 Å². The van der Waals surface area contributed by atoms with Gasteiger partial charge in [-0.05, 0) is 35.8 Å². The Kier molecular flexibility index (Phi) is 6.98. The second-order valence-corrected chi connectivity index (χ2v) is 12.5. The minimum atomic E-state index is -2.41. The lowest BCUT2D eigenvalue weighted by Crippen LogP contribution is -2.54. The first-order valence-corrected chi connectivity index (χ1v) is 11.3. The second-order valence-electron chi connectivity index (χ2n) is 7.73. The van der Waals surface area contributed by atoms with Crippen LogP contribution in [-0.4, -0.2) is 40.2 Å². The predicted molar refractivity (Wildman–Crippen MR) is 103 cm³/mol. The number of nitriles is 2. The topological polar surface area (TPSA) is 78.5 Å². The third kappa shape index (κ3) is 4.43. The van der Waals surface area contributed by atoms with Crippen LogP contribution in [0, 0.1) is 22.7 Å². The van der Waals surface area contributed by atoms with Gasteiger partial charge in [0.1, 0.15) is 23.9 Å². The maximum absolute atomic E-state index is 10.0. The summed E-state index contributed by atoms with van der Waals surface area (Å²) in [5.41, 5.74) is -0.973. The summed E-state index contributed by atoms with van der Waals surface area (Å²) in [5, 5.41) is 21.3. The highest BCUT2D eigenvalue weighted by molar-refractivity contribution is 6.74. The molecule has 0 saturated carbocycles. The van der Waals surface area contributed by atoms with Crippen LogP contribution in [0.1, 0.15) is 32.4 Å². The molecule has 0 aliphatic rings. The van der Waals surface area contributed by atoms with Crippen LogP contribution >= 0.6 is 0 Å². The average molecular weight is 376 g/mol. The molecule has 0 radical (unpaired) electrons. The van der Waals surface area contributed by atoms with Crippen molar-refractivity contribution in [3.8, 4) is 17.9 Å². The largest absolute Gasteiger partial charge is 0.497 e. The zero-order valence-corrected chi connectivity index (χ0v) is 18.0. The highest BCUT2D eigenvalue weighted by atomic mass is 28.4. The first kappa shape index (κ1) is 22.1. The molecule has 0 aliphatic heterocycles. The highest BCUT2D eigenvalue weighted by Crippen LogP contribution is 2.43. The van der Waals surface area contributed by atoms with Crippen molar-refractivity contribution >= 4 is 8.32 Å². The average Bonchev–Trinajstić information content (AvgIpc) is 2.60. The molecular weight excluding hydrogens is 346 g/mol. The number of likely N-dealkylation sites (N-methyl/N-ethyl adjacent to an activating group) is 1. The van der Waals surface area contributed by atoms with Gasteiger partial charge in [-0.3, -0.25) is 0 Å². The summed E-state index contributed by atoms with van der Waals surface area (Å²) in [4.78, 5) is 5.37. The first-order chi connectivity index (χ1) is 12.0. The van der Waals surface area contributed by atoms with Crippen molar-refractivity contribution in [1.29, 1.82) is 10.5 Å². The van der Waals surface area contributed by atoms with E-state index in [0.717, 1.165) is 5.56 Å². The van der Waals surface area contributed by atoms with Crippen LogP contribution in [0.25, 0.3) is 0 Å². The van der Waals surface area contributed by atoms with Gasteiger partial charge in [0.2, 0.25) is 0 Å². The molecule has 0 spiro atoms. The lowest BCUT2D eigenvalue weighted by Gasteiger charge is -2.44. The molecule has 0 aliphatic carbocycles. The van der Waals surface area contributed by atoms with Crippen molar-refractivity contribution in [2.75, 3.05) is 21.3 Å². The highest BCUT2D eigenvalue weighted by Gasteiger charge is 2.52. The number of methoxy groups -OCH3 is 1. The molecule has 0 heterocycles. The molecule has 0 saturated heterocycles. The standard InChI is InChI=1S/C19H29N3O3Si/c1-18(2,3)26(7,8)25-19(13-20,14-21)17(22(4)24-6)15-9-11-16(23-5)12-10-15/h9-12,17H,1-8H3. The zero-order chi connectivity index (χ0) is 20.2. The van der Waals surface area contributed by atoms with E-state index in [1.54, 1.807) is 26.3 Å². The number of hydrogen-bond donors (Lipinski definition) is 0. The van der Waals surface area contributed by atoms with E-state index in [4.69, 9.17) is 14.0 Å². The fourth-order valence-electron chi connectivity index (χ4n) is 2.40. The first-order valence-electron chi connectivity index (χ1n) is 8.41. The summed E-state index contributed by atoms with van der Waals surface area (Å²) in [6.07, 6.45) is 0. The number of nitrogens with zero attached hydrogens (tertiary/aromatic N) is 3. The van der Waals surface area contributed by atoms with Gasteiger partial charge < -0.3 is 14.0 Å². The van der Waals surface area contributed by atoms with Crippen LogP contribution in [0.5, 0.6) is 5.75 Å². The van der Waals surface area contributed by atoms with Crippen LogP contribution < -0.4 is 4.74 Å². The Morgan fingerprint density at radius 1 is 1.04 bits per heavy atom. The smallest absolute Gasteiger partial charge is 0.254 e. The van der Waals surface area contributed by atoms with Gasteiger partial charge in [0.25, 0.3) is 5.60 Å². The van der Waals surface area contributed by atoms with Gasteiger partial charge in [-0.2, -0.15) is 15.6 Å². The van der Waals surface area contributed by atoms with Gasteiger partial charge in [-0.1, -0.05) is 32.9 Å². The summed E-state index contributed by atoms with van der Waals surface area (Å²) in [6, 6.07) is 10.8. The van der Waals surface area contributed by atoms with Crippen LogP contribution in [0.3, 0.4) is 0 Å². The summed E-state index contributed by atoms with van der Waals surface area (Å²) in [6.45, 7) is 10.3. The van der Waals surface area contributed by atoms with Gasteiger partial charge in [-0.15, -0.1) is 0 Å². The minimum Gasteiger partial charge on any atom is -0.497 e. The van der Waals surface area contributed by atoms with Gasteiger partial charge in [0, 0.05) is 7.05 Å². The number of benzene rings is 1. The molecule has 0 aromatic heterocycles. The Hall–Kier alpha value is -1.90. The fraction of sp³-hybridized carbons (Fsp3) is 0.579. The molecule has 142 valence electrons. The van der Waals surface area contributed by atoms with Crippen LogP contribution in [0.4, 0.5) is 0 Å². The molecule has 6 nitrogen and oxygen atoms in total. The van der Waals surface area contributed by atoms with Crippen LogP contribution in [0.2, 0.25) is 18.1 Å². The fourth-order valence-corrected chi connectivity index (χ4v) is 3.71. The Balaban J connectivity index is 3.51. The normalized spacial score (nSPS) is 13.8. The predicted octanol–water partition coefficient (Wildman–Crippen LogP) is 4.04. The molecule has 1 atom stereocenters. The maximum atomic E-state index is 10.0. The van der Waals surface area contributed by atoms with E-state index < -0.39 is 20.0 Å². The summed E-state index contributed by atoms with van der Waals surface area (Å²) >= 11 is 0. The number of ether oxygens (including phenoxy) is 1. The monoisotopic (exact) mass is 375 g/mol. The summed E-state index contributed by atoms with van der Waals surface area (Å²) < 4.78 is 11.5. The summed E-state index contributed by atoms with van der Waals surface area (Å²) in [7, 11) is 2.37. The Labute approximate surface area is 158 Å². The zero-order valence-electron chi connectivity index (χ0n) is 17.0. The molecule has 1 aromatic rings. The van der Waals surface area contributed by atoms with Crippen molar-refractivity contribution < 1.29 is 14.0 Å². The van der Waals surface area contributed by atoms with E-state index in [9.17, 15) is 10.5 Å². The molecule has 0 N–H and O–H groups in total. The molecule has 1 unspecified atom stereocenters. The van der Waals surface area contributed by atoms with Crippen molar-refractivity contribution in [2.24, 2.45) is 0 Å². The number of hydrogen-bond acceptors (Lipinski definition) is 6. The minimum absolute atomic E-state index is 0.151. The molecule has 7 heteroatoms. The van der Waals surface area contributed by atoms with Gasteiger partial charge in [-0.25, -0.2) is 0 Å². The number of rotatable bonds is 7. The summed E-state index contributed by atoms with van der Waals surface area (Å²) in [5.74, 6) is 0.692. The third-order valence-corrected chi connectivity index (χ3v) is 9.47. The number of hydroxylamine groups is 2. The quantitative estimate of drug-likeness (QED) is 0.529. The van der Waals surface area contributed by atoms with Crippen molar-refractivity contribution in [2.45, 2.75) is 50.5 Å². The molecular formula is C19H29N3O3Si. The van der Waals surface area contributed by atoms with Crippen LogP contribution in [0.15, 0.2) is 24.3 Å². The van der Waals surface area contributed by atoms with E-state index in [2.05, 4.69) is 32.9 Å². The molecule has 26 heavy (non-hydrogen) atoms. The molecule has 0 fully saturated rings.